The average Bonchev–Trinajstić information content (AvgIpc) is 3.61. The van der Waals surface area contributed by atoms with Crippen LogP contribution in [0.2, 0.25) is 0 Å². The molecule has 0 spiro atoms. The number of nitrogens with one attached hydrogen (secondary N) is 1. The van der Waals surface area contributed by atoms with Crippen LogP contribution in [0.5, 0.6) is 0 Å². The van der Waals surface area contributed by atoms with Crippen molar-refractivity contribution in [2.24, 2.45) is 4.99 Å². The quantitative estimate of drug-likeness (QED) is 0.490. The van der Waals surface area contributed by atoms with Gasteiger partial charge in [0.2, 0.25) is 15.9 Å². The lowest BCUT2D eigenvalue weighted by Crippen LogP contribution is -2.28. The molecule has 1 fully saturated rings. The first-order valence-electron chi connectivity index (χ1n) is 10.3. The van der Waals surface area contributed by atoms with Crippen LogP contribution in [0.1, 0.15) is 35.6 Å². The maximum absolute atomic E-state index is 13.4. The minimum atomic E-state index is -3.83. The molecule has 170 valence electrons. The molecule has 0 aliphatic heterocycles. The zero-order chi connectivity index (χ0) is 23.6. The minimum absolute atomic E-state index is 0.00924. The van der Waals surface area contributed by atoms with Gasteiger partial charge in [-0.2, -0.15) is 0 Å². The number of sulfonamides is 1. The second-order valence-corrected chi connectivity index (χ2v) is 9.64. The number of anilines is 2. The van der Waals surface area contributed by atoms with E-state index in [1.807, 2.05) is 0 Å². The molecule has 33 heavy (non-hydrogen) atoms. The van der Waals surface area contributed by atoms with E-state index in [2.05, 4.69) is 21.4 Å². The first-order chi connectivity index (χ1) is 15.8. The largest absolute Gasteiger partial charge is 0.396 e. The summed E-state index contributed by atoms with van der Waals surface area (Å²) < 4.78 is 29.2. The molecule has 0 bridgehead atoms. The molecule has 1 aromatic carbocycles. The van der Waals surface area contributed by atoms with Gasteiger partial charge in [-0.05, 0) is 54.8 Å². The molecule has 4 rings (SSSR count). The van der Waals surface area contributed by atoms with Crippen molar-refractivity contribution in [1.82, 2.24) is 9.55 Å². The molecule has 1 amide bonds. The third-order valence-electron chi connectivity index (χ3n) is 5.27. The summed E-state index contributed by atoms with van der Waals surface area (Å²) in [7, 11) is -3.83. The number of hydrogen-bond acceptors (Lipinski definition) is 6. The van der Waals surface area contributed by atoms with Gasteiger partial charge in [-0.25, -0.2) is 18.4 Å². The molecule has 9 nitrogen and oxygen atoms in total. The van der Waals surface area contributed by atoms with Gasteiger partial charge in [0.25, 0.3) is 5.56 Å². The molecule has 2 heterocycles. The number of carbonyl (C=O) groups excluding carboxylic acids is 1. The molecule has 3 aromatic rings. The number of amides is 1. The Labute approximate surface area is 191 Å². The molecule has 0 unspecified atom stereocenters. The van der Waals surface area contributed by atoms with Gasteiger partial charge in [0.05, 0.1) is 17.9 Å². The Morgan fingerprint density at radius 1 is 1.18 bits per heavy atom. The zero-order valence-corrected chi connectivity index (χ0v) is 18.6. The number of rotatable bonds is 8. The third-order valence-corrected chi connectivity index (χ3v) is 6.51. The second kappa shape index (κ2) is 8.99. The van der Waals surface area contributed by atoms with Gasteiger partial charge >= 0.3 is 0 Å². The number of pyridine rings is 2. The molecular formula is C23H23N5O4S. The van der Waals surface area contributed by atoms with Crippen LogP contribution < -0.4 is 16.0 Å². The molecule has 1 saturated carbocycles. The lowest BCUT2D eigenvalue weighted by molar-refractivity contribution is -0.117. The van der Waals surface area contributed by atoms with Crippen molar-refractivity contribution in [2.45, 2.75) is 30.9 Å². The van der Waals surface area contributed by atoms with Crippen molar-refractivity contribution in [3.05, 3.63) is 81.9 Å². The van der Waals surface area contributed by atoms with E-state index in [1.165, 1.54) is 16.8 Å². The third kappa shape index (κ3) is 5.17. The highest BCUT2D eigenvalue weighted by molar-refractivity contribution is 7.91. The summed E-state index contributed by atoms with van der Waals surface area (Å²) in [5, 5.41) is 0. The highest BCUT2D eigenvalue weighted by atomic mass is 32.2. The van der Waals surface area contributed by atoms with Crippen LogP contribution in [-0.2, 0) is 27.0 Å². The van der Waals surface area contributed by atoms with Gasteiger partial charge in [-0.1, -0.05) is 30.3 Å². The van der Waals surface area contributed by atoms with Crippen molar-refractivity contribution in [2.75, 3.05) is 10.5 Å². The highest BCUT2D eigenvalue weighted by Gasteiger charge is 2.29. The summed E-state index contributed by atoms with van der Waals surface area (Å²) in [5.41, 5.74) is 7.58. The standard InChI is InChI=1S/C23H23N5O4S/c1-25-21(29)12-16-11-18(24)22(26-13-16)28-20(17-7-8-17)10-9-19(23(28)30)27-33(31,32)14-15-5-3-2-4-6-15/h2-6,9-11,13,17,27H,1,7-8,12,14,24H2. The topological polar surface area (TPSA) is 137 Å². The van der Waals surface area contributed by atoms with Crippen LogP contribution in [0.15, 0.2) is 64.5 Å². The fraction of sp³-hybridized carbons (Fsp3) is 0.217. The molecule has 3 N–H and O–H groups in total. The smallest absolute Gasteiger partial charge is 0.280 e. The number of aliphatic imine (C=N–C) groups is 1. The van der Waals surface area contributed by atoms with E-state index in [9.17, 15) is 18.0 Å². The van der Waals surface area contributed by atoms with Gasteiger partial charge in [0.1, 0.15) is 5.69 Å². The summed E-state index contributed by atoms with van der Waals surface area (Å²) in [6.07, 6.45) is 3.26. The fourth-order valence-corrected chi connectivity index (χ4v) is 4.77. The maximum Gasteiger partial charge on any atom is 0.280 e. The summed E-state index contributed by atoms with van der Waals surface area (Å²) in [6, 6.07) is 13.5. The number of carbonyl (C=O) groups is 1. The number of nitrogens with two attached hydrogens (primary N) is 1. The summed E-state index contributed by atoms with van der Waals surface area (Å²) in [5.74, 6) is -0.332. The van der Waals surface area contributed by atoms with Gasteiger partial charge in [0, 0.05) is 11.9 Å². The van der Waals surface area contributed by atoms with Crippen LogP contribution in [0, 0.1) is 0 Å². The number of nitrogens with zero attached hydrogens (tertiary/aromatic N) is 3. The van der Waals surface area contributed by atoms with Crippen LogP contribution in [0.25, 0.3) is 5.82 Å². The van der Waals surface area contributed by atoms with E-state index >= 15 is 0 Å². The summed E-state index contributed by atoms with van der Waals surface area (Å²) in [6.45, 7) is 3.21. The number of nitrogen functional groups attached to an aromatic ring is 1. The van der Waals surface area contributed by atoms with Crippen molar-refractivity contribution in [1.29, 1.82) is 0 Å². The monoisotopic (exact) mass is 465 g/mol. The minimum Gasteiger partial charge on any atom is -0.396 e. The zero-order valence-electron chi connectivity index (χ0n) is 17.8. The Kier molecular flexibility index (Phi) is 6.10. The summed E-state index contributed by atoms with van der Waals surface area (Å²) in [4.78, 5) is 32.6. The Hall–Kier alpha value is -3.79. The highest BCUT2D eigenvalue weighted by Crippen LogP contribution is 2.40. The Morgan fingerprint density at radius 2 is 1.91 bits per heavy atom. The normalized spacial score (nSPS) is 13.5. The fourth-order valence-electron chi connectivity index (χ4n) is 3.58. The molecule has 10 heteroatoms. The lowest BCUT2D eigenvalue weighted by atomic mass is 10.1. The first-order valence-corrected chi connectivity index (χ1v) is 12.0. The lowest BCUT2D eigenvalue weighted by Gasteiger charge is -2.16. The van der Waals surface area contributed by atoms with E-state index in [0.29, 0.717) is 16.8 Å². The Balaban J connectivity index is 1.71. The van der Waals surface area contributed by atoms with Gasteiger partial charge in [-0.3, -0.25) is 18.9 Å². The molecule has 0 radical (unpaired) electrons. The molecule has 2 aromatic heterocycles. The Morgan fingerprint density at radius 3 is 2.55 bits per heavy atom. The van der Waals surface area contributed by atoms with Crippen molar-refractivity contribution < 1.29 is 13.2 Å². The van der Waals surface area contributed by atoms with Gasteiger partial charge in [0.15, 0.2) is 5.82 Å². The maximum atomic E-state index is 13.4. The SMILES string of the molecule is C=NC(=O)Cc1cnc(-n2c(C3CC3)ccc(NS(=O)(=O)Cc3ccccc3)c2=O)c(N)c1. The van der Waals surface area contributed by atoms with E-state index in [1.54, 1.807) is 42.5 Å². The van der Waals surface area contributed by atoms with Crippen LogP contribution >= 0.6 is 0 Å². The van der Waals surface area contributed by atoms with E-state index in [-0.39, 0.29) is 35.3 Å². The molecule has 0 atom stereocenters. The van der Waals surface area contributed by atoms with Gasteiger partial charge in [-0.15, -0.1) is 0 Å². The summed E-state index contributed by atoms with van der Waals surface area (Å²) >= 11 is 0. The van der Waals surface area contributed by atoms with E-state index in [4.69, 9.17) is 5.73 Å². The van der Waals surface area contributed by atoms with Crippen molar-refractivity contribution >= 4 is 34.0 Å². The molecule has 1 aliphatic carbocycles. The van der Waals surface area contributed by atoms with E-state index in [0.717, 1.165) is 12.8 Å². The van der Waals surface area contributed by atoms with Gasteiger partial charge < -0.3 is 5.73 Å². The predicted molar refractivity (Wildman–Crippen MR) is 127 cm³/mol. The average molecular weight is 466 g/mol. The predicted octanol–water partition coefficient (Wildman–Crippen LogP) is 2.40. The number of hydrogen-bond donors (Lipinski definition) is 2. The van der Waals surface area contributed by atoms with Crippen LogP contribution in [0.4, 0.5) is 11.4 Å². The number of benzene rings is 1. The van der Waals surface area contributed by atoms with E-state index < -0.39 is 21.5 Å². The first kappa shape index (κ1) is 22.4. The second-order valence-electron chi connectivity index (χ2n) is 7.92. The number of aromatic nitrogens is 2. The molecule has 0 saturated heterocycles. The van der Waals surface area contributed by atoms with Crippen molar-refractivity contribution in [3.63, 3.8) is 0 Å². The Bertz CT molecular complexity index is 1380. The molecular weight excluding hydrogens is 442 g/mol. The van der Waals surface area contributed by atoms with Crippen LogP contribution in [0.3, 0.4) is 0 Å². The van der Waals surface area contributed by atoms with Crippen LogP contribution in [-0.4, -0.2) is 30.6 Å². The van der Waals surface area contributed by atoms with Crippen molar-refractivity contribution in [3.8, 4) is 5.82 Å². The molecule has 1 aliphatic rings.